The van der Waals surface area contributed by atoms with Crippen LogP contribution in [0.1, 0.15) is 26.0 Å². The largest absolute Gasteiger partial charge is 0.397 e. The molecule has 2 N–H and O–H groups in total. The van der Waals surface area contributed by atoms with E-state index in [4.69, 9.17) is 10.5 Å². The van der Waals surface area contributed by atoms with E-state index in [0.29, 0.717) is 6.04 Å². The van der Waals surface area contributed by atoms with Crippen molar-refractivity contribution in [2.75, 3.05) is 32.5 Å². The average Bonchev–Trinajstić information content (AvgIpc) is 2.40. The molecule has 0 fully saturated rings. The number of aromatic nitrogens is 1. The van der Waals surface area contributed by atoms with Gasteiger partial charge in [-0.25, -0.2) is 0 Å². The summed E-state index contributed by atoms with van der Waals surface area (Å²) in [5.74, 6) is 0. The molecule has 0 saturated heterocycles. The Morgan fingerprint density at radius 3 is 2.72 bits per heavy atom. The van der Waals surface area contributed by atoms with Gasteiger partial charge in [0.15, 0.2) is 0 Å². The molecule has 0 spiro atoms. The SMILES string of the molecule is CCC(C)N(CCOC)CCc1ccc(N)cn1. The summed E-state index contributed by atoms with van der Waals surface area (Å²) >= 11 is 0. The molecule has 18 heavy (non-hydrogen) atoms. The van der Waals surface area contributed by atoms with Gasteiger partial charge in [0, 0.05) is 38.4 Å². The third-order valence-electron chi connectivity index (χ3n) is 3.30. The van der Waals surface area contributed by atoms with E-state index in [-0.39, 0.29) is 0 Å². The maximum absolute atomic E-state index is 5.63. The van der Waals surface area contributed by atoms with Crippen molar-refractivity contribution in [3.8, 4) is 0 Å². The fraction of sp³-hybridized carbons (Fsp3) is 0.643. The molecule has 0 aliphatic carbocycles. The molecule has 1 atom stereocenters. The minimum atomic E-state index is 0.578. The smallest absolute Gasteiger partial charge is 0.0589 e. The summed E-state index contributed by atoms with van der Waals surface area (Å²) in [5.41, 5.74) is 7.44. The van der Waals surface area contributed by atoms with Crippen LogP contribution in [0.4, 0.5) is 5.69 Å². The Balaban J connectivity index is 2.47. The van der Waals surface area contributed by atoms with Gasteiger partial charge in [-0.05, 0) is 25.5 Å². The molecule has 0 saturated carbocycles. The third-order valence-corrected chi connectivity index (χ3v) is 3.30. The number of methoxy groups -OCH3 is 1. The molecule has 1 aromatic rings. The predicted molar refractivity (Wildman–Crippen MR) is 75.6 cm³/mol. The Labute approximate surface area is 110 Å². The molecular formula is C14H25N3O. The lowest BCUT2D eigenvalue weighted by Gasteiger charge is -2.27. The molecule has 1 unspecified atom stereocenters. The van der Waals surface area contributed by atoms with E-state index < -0.39 is 0 Å². The predicted octanol–water partition coefficient (Wildman–Crippen LogP) is 1.95. The van der Waals surface area contributed by atoms with Crippen molar-refractivity contribution >= 4 is 5.69 Å². The van der Waals surface area contributed by atoms with Gasteiger partial charge in [-0.2, -0.15) is 0 Å². The highest BCUT2D eigenvalue weighted by molar-refractivity contribution is 5.34. The first-order chi connectivity index (χ1) is 8.67. The van der Waals surface area contributed by atoms with E-state index >= 15 is 0 Å². The molecule has 0 radical (unpaired) electrons. The topological polar surface area (TPSA) is 51.4 Å². The van der Waals surface area contributed by atoms with Gasteiger partial charge in [0.25, 0.3) is 0 Å². The van der Waals surface area contributed by atoms with Gasteiger partial charge >= 0.3 is 0 Å². The van der Waals surface area contributed by atoms with Crippen molar-refractivity contribution in [2.24, 2.45) is 0 Å². The Morgan fingerprint density at radius 2 is 2.17 bits per heavy atom. The molecule has 1 aromatic heterocycles. The third kappa shape index (κ3) is 5.02. The zero-order chi connectivity index (χ0) is 13.4. The van der Waals surface area contributed by atoms with Crippen molar-refractivity contribution < 1.29 is 4.74 Å². The molecule has 1 rings (SSSR count). The Hall–Kier alpha value is -1.13. The van der Waals surface area contributed by atoms with Gasteiger partial charge in [-0.1, -0.05) is 6.92 Å². The van der Waals surface area contributed by atoms with Crippen LogP contribution < -0.4 is 5.73 Å². The van der Waals surface area contributed by atoms with Crippen LogP contribution in [0.5, 0.6) is 0 Å². The van der Waals surface area contributed by atoms with E-state index in [9.17, 15) is 0 Å². The summed E-state index contributed by atoms with van der Waals surface area (Å²) in [6.07, 6.45) is 3.82. The molecule has 4 nitrogen and oxygen atoms in total. The van der Waals surface area contributed by atoms with Crippen molar-refractivity contribution in [1.82, 2.24) is 9.88 Å². The Bertz CT molecular complexity index is 326. The number of anilines is 1. The second-order valence-electron chi connectivity index (χ2n) is 4.62. The van der Waals surface area contributed by atoms with E-state index in [1.165, 1.54) is 0 Å². The standard InChI is InChI=1S/C14H25N3O/c1-4-12(2)17(9-10-18-3)8-7-14-6-5-13(15)11-16-14/h5-6,11-12H,4,7-10,15H2,1-3H3. The van der Waals surface area contributed by atoms with Crippen LogP contribution in [0.3, 0.4) is 0 Å². The number of pyridine rings is 1. The maximum atomic E-state index is 5.63. The molecule has 0 aromatic carbocycles. The highest BCUT2D eigenvalue weighted by Gasteiger charge is 2.11. The Kier molecular flexibility index (Phi) is 6.68. The molecule has 0 aliphatic heterocycles. The second-order valence-corrected chi connectivity index (χ2v) is 4.62. The van der Waals surface area contributed by atoms with E-state index in [2.05, 4.69) is 23.7 Å². The first-order valence-electron chi connectivity index (χ1n) is 6.60. The first-order valence-corrected chi connectivity index (χ1v) is 6.60. The van der Waals surface area contributed by atoms with Crippen molar-refractivity contribution in [1.29, 1.82) is 0 Å². The monoisotopic (exact) mass is 251 g/mol. The molecule has 0 bridgehead atoms. The van der Waals surface area contributed by atoms with Crippen LogP contribution >= 0.6 is 0 Å². The lowest BCUT2D eigenvalue weighted by molar-refractivity contribution is 0.123. The number of nitrogens with two attached hydrogens (primary N) is 1. The van der Waals surface area contributed by atoms with Crippen molar-refractivity contribution in [2.45, 2.75) is 32.7 Å². The molecular weight excluding hydrogens is 226 g/mol. The summed E-state index contributed by atoms with van der Waals surface area (Å²) < 4.78 is 5.16. The molecule has 0 amide bonds. The van der Waals surface area contributed by atoms with Gasteiger partial charge < -0.3 is 10.5 Å². The van der Waals surface area contributed by atoms with Crippen LogP contribution in [0, 0.1) is 0 Å². The van der Waals surface area contributed by atoms with E-state index in [1.807, 2.05) is 12.1 Å². The van der Waals surface area contributed by atoms with Crippen LogP contribution in [0.25, 0.3) is 0 Å². The van der Waals surface area contributed by atoms with Gasteiger partial charge in [-0.3, -0.25) is 9.88 Å². The van der Waals surface area contributed by atoms with Gasteiger partial charge in [0.2, 0.25) is 0 Å². The fourth-order valence-electron chi connectivity index (χ4n) is 1.86. The van der Waals surface area contributed by atoms with Gasteiger partial charge in [0.05, 0.1) is 18.5 Å². The summed E-state index contributed by atoms with van der Waals surface area (Å²) in [6, 6.07) is 4.49. The normalized spacial score (nSPS) is 12.9. The zero-order valence-electron chi connectivity index (χ0n) is 11.7. The highest BCUT2D eigenvalue weighted by atomic mass is 16.5. The van der Waals surface area contributed by atoms with E-state index in [0.717, 1.165) is 43.9 Å². The number of hydrogen-bond donors (Lipinski definition) is 1. The average molecular weight is 251 g/mol. The summed E-state index contributed by atoms with van der Waals surface area (Å²) in [4.78, 5) is 6.78. The molecule has 4 heteroatoms. The lowest BCUT2D eigenvalue weighted by Crippen LogP contribution is -2.37. The number of nitrogen functional groups attached to an aromatic ring is 1. The van der Waals surface area contributed by atoms with Crippen molar-refractivity contribution in [3.05, 3.63) is 24.0 Å². The van der Waals surface area contributed by atoms with Crippen molar-refractivity contribution in [3.63, 3.8) is 0 Å². The van der Waals surface area contributed by atoms with Crippen LogP contribution in [0.2, 0.25) is 0 Å². The van der Waals surface area contributed by atoms with E-state index in [1.54, 1.807) is 13.3 Å². The fourth-order valence-corrected chi connectivity index (χ4v) is 1.86. The van der Waals surface area contributed by atoms with Gasteiger partial charge in [-0.15, -0.1) is 0 Å². The first kappa shape index (κ1) is 14.9. The zero-order valence-corrected chi connectivity index (χ0v) is 11.7. The molecule has 102 valence electrons. The molecule has 1 heterocycles. The van der Waals surface area contributed by atoms with Crippen LogP contribution in [0.15, 0.2) is 18.3 Å². The second kappa shape index (κ2) is 8.06. The summed E-state index contributed by atoms with van der Waals surface area (Å²) in [6.45, 7) is 7.23. The number of ether oxygens (including phenoxy) is 1. The number of hydrogen-bond acceptors (Lipinski definition) is 4. The number of rotatable bonds is 8. The summed E-state index contributed by atoms with van der Waals surface area (Å²) in [7, 11) is 1.75. The minimum Gasteiger partial charge on any atom is -0.397 e. The Morgan fingerprint density at radius 1 is 1.39 bits per heavy atom. The molecule has 0 aliphatic rings. The maximum Gasteiger partial charge on any atom is 0.0589 e. The van der Waals surface area contributed by atoms with Gasteiger partial charge in [0.1, 0.15) is 0 Å². The number of nitrogens with zero attached hydrogens (tertiary/aromatic N) is 2. The van der Waals surface area contributed by atoms with Crippen LogP contribution in [-0.2, 0) is 11.2 Å². The summed E-state index contributed by atoms with van der Waals surface area (Å²) in [5, 5.41) is 0. The van der Waals surface area contributed by atoms with Crippen LogP contribution in [-0.4, -0.2) is 42.7 Å². The quantitative estimate of drug-likeness (QED) is 0.767. The minimum absolute atomic E-state index is 0.578. The highest BCUT2D eigenvalue weighted by Crippen LogP contribution is 2.07. The lowest BCUT2D eigenvalue weighted by atomic mass is 10.2.